The van der Waals surface area contributed by atoms with Crippen LogP contribution in [0.3, 0.4) is 0 Å². The number of para-hydroxylation sites is 2. The maximum absolute atomic E-state index is 9.30. The van der Waals surface area contributed by atoms with Gasteiger partial charge in [0.25, 0.3) is 0 Å². The van der Waals surface area contributed by atoms with Gasteiger partial charge in [0.2, 0.25) is 0 Å². The second kappa shape index (κ2) is 17.4. The van der Waals surface area contributed by atoms with Gasteiger partial charge in [-0.15, -0.1) is 0 Å². The molecular formula is C69H66N4O. The number of hydrogen-bond donors (Lipinski definition) is 0. The Bertz CT molecular complexity index is 4150. The number of anilines is 2. The number of rotatable bonds is 6. The molecule has 0 radical (unpaired) electrons. The van der Waals surface area contributed by atoms with E-state index in [0.717, 1.165) is 78.2 Å². The predicted molar refractivity (Wildman–Crippen MR) is 315 cm³/mol. The Balaban J connectivity index is 1.05. The number of benzene rings is 8. The average Bonchev–Trinajstić information content (AvgIpc) is 3.95. The molecular weight excluding hydrogens is 901 g/mol. The lowest BCUT2D eigenvalue weighted by Gasteiger charge is -2.23. The third kappa shape index (κ3) is 8.05. The van der Waals surface area contributed by atoms with E-state index < -0.39 is 5.89 Å². The van der Waals surface area contributed by atoms with E-state index >= 15 is 0 Å². The SMILES string of the molecule is [2H]C(C)(C)c1cc(-c2cccc3c4ccccc4c4ccccc4c4cccc5c4n(c23)CN5c2cccc(Oc3ccc4c5cc(C(C)(C)C)ccc5n(-c5cc(C(C)(C)C)ccn5)c4c3)c2)cc(C(C)(C)C)c1. The molecule has 0 saturated heterocycles. The molecule has 0 unspecified atom stereocenters. The molecule has 1 aliphatic heterocycles. The van der Waals surface area contributed by atoms with Gasteiger partial charge in [-0.2, -0.15) is 0 Å². The molecule has 5 heteroatoms. The zero-order chi connectivity index (χ0) is 52.3. The summed E-state index contributed by atoms with van der Waals surface area (Å²) in [6, 6.07) is 64.5. The van der Waals surface area contributed by atoms with Crippen molar-refractivity contribution >= 4 is 76.5 Å². The van der Waals surface area contributed by atoms with Gasteiger partial charge in [0, 0.05) is 52.5 Å². The van der Waals surface area contributed by atoms with Crippen LogP contribution >= 0.6 is 0 Å². The topological polar surface area (TPSA) is 35.2 Å². The van der Waals surface area contributed by atoms with Crippen LogP contribution in [-0.4, -0.2) is 14.1 Å². The van der Waals surface area contributed by atoms with E-state index in [2.05, 4.69) is 252 Å². The molecule has 0 aliphatic carbocycles. The Morgan fingerprint density at radius 2 is 1.09 bits per heavy atom. The number of pyridine rings is 1. The molecule has 0 fully saturated rings. The fourth-order valence-electron chi connectivity index (χ4n) is 11.3. The van der Waals surface area contributed by atoms with Crippen LogP contribution in [0.5, 0.6) is 11.5 Å². The van der Waals surface area contributed by atoms with Crippen LogP contribution < -0.4 is 9.64 Å². The summed E-state index contributed by atoms with van der Waals surface area (Å²) in [6.45, 7) is 24.9. The maximum atomic E-state index is 9.30. The van der Waals surface area contributed by atoms with Crippen LogP contribution in [-0.2, 0) is 22.9 Å². The fraction of sp³-hybridized carbons (Fsp3) is 0.232. The van der Waals surface area contributed by atoms with Crippen molar-refractivity contribution in [2.75, 3.05) is 4.90 Å². The molecule has 1 aliphatic rings. The van der Waals surface area contributed by atoms with Gasteiger partial charge in [0.05, 0.1) is 27.8 Å². The van der Waals surface area contributed by atoms with Crippen molar-refractivity contribution in [2.24, 2.45) is 0 Å². The number of fused-ring (bicyclic) bond motifs is 10. The summed E-state index contributed by atoms with van der Waals surface area (Å²) in [5, 5.41) is 9.46. The number of ether oxygens (including phenoxy) is 1. The third-order valence-electron chi connectivity index (χ3n) is 15.4. The molecule has 4 heterocycles. The van der Waals surface area contributed by atoms with Gasteiger partial charge in [-0.25, -0.2) is 4.98 Å². The minimum absolute atomic E-state index is 0.00538. The van der Waals surface area contributed by atoms with Gasteiger partial charge in [-0.1, -0.05) is 185 Å². The molecule has 0 amide bonds. The molecule has 0 bridgehead atoms. The molecule has 5 nitrogen and oxygen atoms in total. The van der Waals surface area contributed by atoms with E-state index in [0.29, 0.717) is 6.67 Å². The molecule has 3 aromatic heterocycles. The molecule has 12 rings (SSSR count). The summed E-state index contributed by atoms with van der Waals surface area (Å²) in [5.41, 5.74) is 13.4. The minimum atomic E-state index is -0.794. The van der Waals surface area contributed by atoms with Crippen molar-refractivity contribution in [3.05, 3.63) is 204 Å². The molecule has 0 spiro atoms. The monoisotopic (exact) mass is 968 g/mol. The number of nitrogens with zero attached hydrogens (tertiary/aromatic N) is 4. The van der Waals surface area contributed by atoms with E-state index in [9.17, 15) is 1.37 Å². The van der Waals surface area contributed by atoms with Crippen LogP contribution in [0.1, 0.15) is 106 Å². The summed E-state index contributed by atoms with van der Waals surface area (Å²) in [6.07, 6.45) is 1.94. The Morgan fingerprint density at radius 1 is 0.486 bits per heavy atom. The molecule has 0 saturated carbocycles. The smallest absolute Gasteiger partial charge is 0.137 e. The maximum Gasteiger partial charge on any atom is 0.137 e. The first-order chi connectivity index (χ1) is 35.7. The minimum Gasteiger partial charge on any atom is -0.457 e. The standard InChI is InChI=1S/C69H66N4O/c1-43(2)44-35-45(37-48(36-44)69(9,10)11)52-25-17-26-58-55-23-14-12-21-53(55)54-22-13-15-24-56(54)59-27-18-28-62-66(59)72(65(52)58)42-71(62)49-19-16-20-50(40-49)74-51-30-31-57-60-38-46(67(3,4)5)29-32-61(60)73(63(57)41-51)64-39-47(33-34-70-64)68(6,7)8/h12-41,43H,42H2,1-11H3/i43D. The first kappa shape index (κ1) is 45.9. The quantitative estimate of drug-likeness (QED) is 0.167. The largest absolute Gasteiger partial charge is 0.457 e. The molecule has 0 N–H and O–H groups in total. The van der Waals surface area contributed by atoms with Crippen molar-refractivity contribution in [2.45, 2.75) is 105 Å². The highest BCUT2D eigenvalue weighted by Crippen LogP contribution is 2.46. The summed E-state index contributed by atoms with van der Waals surface area (Å²) in [4.78, 5) is 7.43. The lowest BCUT2D eigenvalue weighted by molar-refractivity contribution is 0.483. The fourth-order valence-corrected chi connectivity index (χ4v) is 11.3. The highest BCUT2D eigenvalue weighted by molar-refractivity contribution is 6.22. The lowest BCUT2D eigenvalue weighted by Crippen LogP contribution is -2.15. The van der Waals surface area contributed by atoms with Crippen molar-refractivity contribution in [3.63, 3.8) is 0 Å². The van der Waals surface area contributed by atoms with Gasteiger partial charge in [-0.05, 0) is 126 Å². The summed E-state index contributed by atoms with van der Waals surface area (Å²) < 4.78 is 21.1. The van der Waals surface area contributed by atoms with Gasteiger partial charge in [0.15, 0.2) is 0 Å². The van der Waals surface area contributed by atoms with E-state index in [1.807, 2.05) is 20.0 Å². The average molecular weight is 968 g/mol. The summed E-state index contributed by atoms with van der Waals surface area (Å²) in [5.74, 6) is 1.60. The molecule has 74 heavy (non-hydrogen) atoms. The Morgan fingerprint density at radius 3 is 1.77 bits per heavy atom. The van der Waals surface area contributed by atoms with Crippen LogP contribution in [0.25, 0.3) is 82.1 Å². The predicted octanol–water partition coefficient (Wildman–Crippen LogP) is 19.3. The number of aromatic nitrogens is 3. The third-order valence-corrected chi connectivity index (χ3v) is 15.4. The Kier molecular flexibility index (Phi) is 10.8. The Hall–Kier alpha value is -7.89. The van der Waals surface area contributed by atoms with Gasteiger partial charge in [0.1, 0.15) is 24.0 Å². The first-order valence-electron chi connectivity index (χ1n) is 26.7. The van der Waals surface area contributed by atoms with E-state index in [4.69, 9.17) is 9.72 Å². The summed E-state index contributed by atoms with van der Waals surface area (Å²) >= 11 is 0. The van der Waals surface area contributed by atoms with E-state index in [-0.39, 0.29) is 16.2 Å². The van der Waals surface area contributed by atoms with Crippen molar-refractivity contribution in [3.8, 4) is 28.4 Å². The normalized spacial score (nSPS) is 13.4. The van der Waals surface area contributed by atoms with Crippen molar-refractivity contribution in [1.82, 2.24) is 14.1 Å². The van der Waals surface area contributed by atoms with Crippen LogP contribution in [0.2, 0.25) is 0 Å². The lowest BCUT2D eigenvalue weighted by atomic mass is 9.82. The zero-order valence-electron chi connectivity index (χ0n) is 45.7. The van der Waals surface area contributed by atoms with Crippen LogP contribution in [0.4, 0.5) is 11.4 Å². The van der Waals surface area contributed by atoms with Gasteiger partial charge >= 0.3 is 0 Å². The highest BCUT2D eigenvalue weighted by Gasteiger charge is 2.27. The second-order valence-corrected chi connectivity index (χ2v) is 23.8. The first-order valence-corrected chi connectivity index (χ1v) is 26.2. The van der Waals surface area contributed by atoms with Crippen molar-refractivity contribution < 1.29 is 6.11 Å². The molecule has 8 aromatic carbocycles. The van der Waals surface area contributed by atoms with E-state index in [1.54, 1.807) is 0 Å². The molecule has 11 aromatic rings. The van der Waals surface area contributed by atoms with Crippen LogP contribution in [0.15, 0.2) is 182 Å². The van der Waals surface area contributed by atoms with Crippen LogP contribution in [0, 0.1) is 0 Å². The highest BCUT2D eigenvalue weighted by atomic mass is 16.5. The van der Waals surface area contributed by atoms with Crippen molar-refractivity contribution in [1.29, 1.82) is 0 Å². The van der Waals surface area contributed by atoms with Gasteiger partial charge < -0.3 is 14.2 Å². The second-order valence-electron chi connectivity index (χ2n) is 23.8. The number of hydrogen-bond acceptors (Lipinski definition) is 3. The van der Waals surface area contributed by atoms with Gasteiger partial charge in [-0.3, -0.25) is 4.57 Å². The molecule has 368 valence electrons. The zero-order valence-corrected chi connectivity index (χ0v) is 44.7. The Labute approximate surface area is 437 Å². The summed E-state index contributed by atoms with van der Waals surface area (Å²) in [7, 11) is 0. The van der Waals surface area contributed by atoms with E-state index in [1.165, 1.54) is 49.0 Å². The molecule has 0 atom stereocenters.